The molecule has 0 radical (unpaired) electrons. The highest BCUT2D eigenvalue weighted by Crippen LogP contribution is 2.13. The fraction of sp³-hybridized carbons (Fsp3) is 0.600. The highest BCUT2D eigenvalue weighted by atomic mass is 14.0. The van der Waals surface area contributed by atoms with E-state index in [1.165, 1.54) is 36.8 Å². The molecule has 0 aromatic heterocycles. The third-order valence-electron chi connectivity index (χ3n) is 3.29. The molecule has 0 N–H and O–H groups in total. The number of rotatable bonds is 6. The van der Waals surface area contributed by atoms with Crippen LogP contribution in [-0.4, -0.2) is 0 Å². The number of hydrogen-bond acceptors (Lipinski definition) is 0. The van der Waals surface area contributed by atoms with Crippen molar-refractivity contribution in [1.82, 2.24) is 0 Å². The van der Waals surface area contributed by atoms with Gasteiger partial charge in [-0.2, -0.15) is 0 Å². The van der Waals surface area contributed by atoms with Gasteiger partial charge in [0.05, 0.1) is 0 Å². The van der Waals surface area contributed by atoms with Crippen molar-refractivity contribution in [1.29, 1.82) is 0 Å². The molecule has 1 aromatic carbocycles. The SMILES string of the molecule is CCc1ccc(CCCC(C)CC)cc1. The fourth-order valence-electron chi connectivity index (χ4n) is 1.80. The average molecular weight is 204 g/mol. The van der Waals surface area contributed by atoms with E-state index in [9.17, 15) is 0 Å². The van der Waals surface area contributed by atoms with Crippen LogP contribution in [0, 0.1) is 5.92 Å². The maximum atomic E-state index is 2.35. The molecule has 0 bridgehead atoms. The second kappa shape index (κ2) is 6.66. The lowest BCUT2D eigenvalue weighted by Gasteiger charge is -2.07. The monoisotopic (exact) mass is 204 g/mol. The Kier molecular flexibility index (Phi) is 5.45. The molecule has 0 saturated carbocycles. The lowest BCUT2D eigenvalue weighted by molar-refractivity contribution is 0.496. The molecule has 0 aliphatic carbocycles. The minimum absolute atomic E-state index is 0.889. The molecule has 1 atom stereocenters. The van der Waals surface area contributed by atoms with Crippen LogP contribution in [0.1, 0.15) is 51.2 Å². The van der Waals surface area contributed by atoms with Gasteiger partial charge in [0.15, 0.2) is 0 Å². The van der Waals surface area contributed by atoms with Crippen molar-refractivity contribution < 1.29 is 0 Å². The number of hydrogen-bond donors (Lipinski definition) is 0. The Bertz CT molecular complexity index is 258. The van der Waals surface area contributed by atoms with Crippen LogP contribution in [0.5, 0.6) is 0 Å². The molecule has 15 heavy (non-hydrogen) atoms. The van der Waals surface area contributed by atoms with Crippen molar-refractivity contribution in [2.24, 2.45) is 5.92 Å². The predicted octanol–water partition coefficient (Wildman–Crippen LogP) is 4.62. The van der Waals surface area contributed by atoms with E-state index in [2.05, 4.69) is 45.0 Å². The third kappa shape index (κ3) is 4.51. The zero-order chi connectivity index (χ0) is 11.1. The van der Waals surface area contributed by atoms with Crippen LogP contribution in [0.25, 0.3) is 0 Å². The molecule has 0 heterocycles. The molecule has 0 heteroatoms. The normalized spacial score (nSPS) is 12.7. The molecule has 0 saturated heterocycles. The summed E-state index contributed by atoms with van der Waals surface area (Å²) in [5.74, 6) is 0.889. The second-order valence-corrected chi connectivity index (χ2v) is 4.58. The molecule has 0 aliphatic rings. The first kappa shape index (κ1) is 12.3. The van der Waals surface area contributed by atoms with Gasteiger partial charge < -0.3 is 0 Å². The first-order valence-corrected chi connectivity index (χ1v) is 6.34. The van der Waals surface area contributed by atoms with Crippen LogP contribution in [-0.2, 0) is 12.8 Å². The first-order chi connectivity index (χ1) is 7.26. The molecule has 0 fully saturated rings. The van der Waals surface area contributed by atoms with E-state index in [1.807, 2.05) is 0 Å². The summed E-state index contributed by atoms with van der Waals surface area (Å²) in [6, 6.07) is 9.10. The average Bonchev–Trinajstić information content (AvgIpc) is 2.29. The summed E-state index contributed by atoms with van der Waals surface area (Å²) in [4.78, 5) is 0. The Morgan fingerprint density at radius 1 is 1.00 bits per heavy atom. The van der Waals surface area contributed by atoms with Gasteiger partial charge in [-0.15, -0.1) is 0 Å². The van der Waals surface area contributed by atoms with Gasteiger partial charge >= 0.3 is 0 Å². The Morgan fingerprint density at radius 2 is 1.60 bits per heavy atom. The minimum Gasteiger partial charge on any atom is -0.0651 e. The van der Waals surface area contributed by atoms with Gasteiger partial charge in [-0.1, -0.05) is 57.9 Å². The fourth-order valence-corrected chi connectivity index (χ4v) is 1.80. The molecule has 1 rings (SSSR count). The van der Waals surface area contributed by atoms with Gasteiger partial charge in [-0.3, -0.25) is 0 Å². The highest BCUT2D eigenvalue weighted by molar-refractivity contribution is 5.22. The quantitative estimate of drug-likeness (QED) is 0.634. The van der Waals surface area contributed by atoms with Gasteiger partial charge in [0.2, 0.25) is 0 Å². The van der Waals surface area contributed by atoms with Crippen LogP contribution >= 0.6 is 0 Å². The van der Waals surface area contributed by atoms with Gasteiger partial charge in [-0.25, -0.2) is 0 Å². The van der Waals surface area contributed by atoms with E-state index in [4.69, 9.17) is 0 Å². The number of aryl methyl sites for hydroxylation is 2. The zero-order valence-corrected chi connectivity index (χ0v) is 10.4. The first-order valence-electron chi connectivity index (χ1n) is 6.34. The summed E-state index contributed by atoms with van der Waals surface area (Å²) in [7, 11) is 0. The van der Waals surface area contributed by atoms with Crippen molar-refractivity contribution in [2.45, 2.75) is 52.9 Å². The molecule has 0 aliphatic heterocycles. The Hall–Kier alpha value is -0.780. The minimum atomic E-state index is 0.889. The van der Waals surface area contributed by atoms with Crippen molar-refractivity contribution in [3.63, 3.8) is 0 Å². The van der Waals surface area contributed by atoms with Gasteiger partial charge in [0.25, 0.3) is 0 Å². The Balaban J connectivity index is 2.31. The van der Waals surface area contributed by atoms with E-state index in [-0.39, 0.29) is 0 Å². The van der Waals surface area contributed by atoms with E-state index < -0.39 is 0 Å². The van der Waals surface area contributed by atoms with Crippen LogP contribution in [0.3, 0.4) is 0 Å². The Labute approximate surface area is 94.7 Å². The summed E-state index contributed by atoms with van der Waals surface area (Å²) in [5.41, 5.74) is 2.94. The maximum Gasteiger partial charge on any atom is -0.0279 e. The molecule has 84 valence electrons. The maximum absolute atomic E-state index is 2.35. The van der Waals surface area contributed by atoms with Crippen molar-refractivity contribution in [3.05, 3.63) is 35.4 Å². The van der Waals surface area contributed by atoms with Crippen LogP contribution < -0.4 is 0 Å². The second-order valence-electron chi connectivity index (χ2n) is 4.58. The van der Waals surface area contributed by atoms with E-state index in [0.717, 1.165) is 12.3 Å². The molecular formula is C15H24. The van der Waals surface area contributed by atoms with Crippen molar-refractivity contribution in [3.8, 4) is 0 Å². The predicted molar refractivity (Wildman–Crippen MR) is 68.2 cm³/mol. The molecule has 0 amide bonds. The van der Waals surface area contributed by atoms with E-state index >= 15 is 0 Å². The van der Waals surface area contributed by atoms with Crippen LogP contribution in [0.15, 0.2) is 24.3 Å². The molecule has 1 unspecified atom stereocenters. The van der Waals surface area contributed by atoms with Gasteiger partial charge in [0, 0.05) is 0 Å². The zero-order valence-electron chi connectivity index (χ0n) is 10.4. The Morgan fingerprint density at radius 3 is 2.13 bits per heavy atom. The topological polar surface area (TPSA) is 0 Å². The lowest BCUT2D eigenvalue weighted by Crippen LogP contribution is -1.94. The molecular weight excluding hydrogens is 180 g/mol. The van der Waals surface area contributed by atoms with Crippen molar-refractivity contribution >= 4 is 0 Å². The molecule has 1 aromatic rings. The molecule has 0 nitrogen and oxygen atoms in total. The standard InChI is InChI=1S/C15H24/c1-4-13(3)7-6-8-15-11-9-14(5-2)10-12-15/h9-13H,4-8H2,1-3H3. The summed E-state index contributed by atoms with van der Waals surface area (Å²) in [6.45, 7) is 6.83. The van der Waals surface area contributed by atoms with Gasteiger partial charge in [-0.05, 0) is 36.3 Å². The highest BCUT2D eigenvalue weighted by Gasteiger charge is 1.99. The molecule has 0 spiro atoms. The summed E-state index contributed by atoms with van der Waals surface area (Å²) in [6.07, 6.45) is 6.41. The van der Waals surface area contributed by atoms with Gasteiger partial charge in [0.1, 0.15) is 0 Å². The summed E-state index contributed by atoms with van der Waals surface area (Å²) in [5, 5.41) is 0. The largest absolute Gasteiger partial charge is 0.0651 e. The lowest BCUT2D eigenvalue weighted by atomic mass is 9.98. The van der Waals surface area contributed by atoms with Crippen molar-refractivity contribution in [2.75, 3.05) is 0 Å². The summed E-state index contributed by atoms with van der Waals surface area (Å²) < 4.78 is 0. The van der Waals surface area contributed by atoms with Crippen LogP contribution in [0.4, 0.5) is 0 Å². The van der Waals surface area contributed by atoms with E-state index in [1.54, 1.807) is 0 Å². The smallest absolute Gasteiger partial charge is 0.0279 e. The summed E-state index contributed by atoms with van der Waals surface area (Å²) >= 11 is 0. The van der Waals surface area contributed by atoms with Crippen LogP contribution in [0.2, 0.25) is 0 Å². The van der Waals surface area contributed by atoms with E-state index in [0.29, 0.717) is 0 Å². The number of benzene rings is 1. The third-order valence-corrected chi connectivity index (χ3v) is 3.29.